The van der Waals surface area contributed by atoms with Crippen molar-refractivity contribution < 1.29 is 18.6 Å². The second-order valence-electron chi connectivity index (χ2n) is 4.85. The molecule has 2 aromatic heterocycles. The van der Waals surface area contributed by atoms with Gasteiger partial charge in [-0.1, -0.05) is 21.9 Å². The molecular weight excluding hydrogens is 336 g/mol. The first-order chi connectivity index (χ1) is 11.6. The maximum Gasteiger partial charge on any atom is 0.258 e. The number of nitrogens with one attached hydrogen (secondary N) is 1. The van der Waals surface area contributed by atoms with E-state index in [0.29, 0.717) is 28.1 Å². The number of halogens is 1. The van der Waals surface area contributed by atoms with Gasteiger partial charge in [0.2, 0.25) is 11.7 Å². The molecule has 124 valence electrons. The summed E-state index contributed by atoms with van der Waals surface area (Å²) >= 11 is 5.77. The SMILES string of the molecule is Cc1cc(-c2noc(CNC(=O)COc3ccc(Cl)cc3)n2)no1. The molecule has 1 aromatic carbocycles. The van der Waals surface area contributed by atoms with Crippen LogP contribution in [-0.2, 0) is 11.3 Å². The number of nitrogens with zero attached hydrogens (tertiary/aromatic N) is 3. The van der Waals surface area contributed by atoms with Gasteiger partial charge in [0.15, 0.2) is 12.3 Å². The van der Waals surface area contributed by atoms with Crippen molar-refractivity contribution in [3.8, 4) is 17.3 Å². The van der Waals surface area contributed by atoms with Gasteiger partial charge in [-0.3, -0.25) is 4.79 Å². The minimum atomic E-state index is -0.318. The Kier molecular flexibility index (Phi) is 4.76. The average molecular weight is 349 g/mol. The van der Waals surface area contributed by atoms with Gasteiger partial charge in [-0.05, 0) is 31.2 Å². The van der Waals surface area contributed by atoms with Gasteiger partial charge >= 0.3 is 0 Å². The molecule has 0 atom stereocenters. The van der Waals surface area contributed by atoms with Crippen LogP contribution in [0.25, 0.3) is 11.5 Å². The van der Waals surface area contributed by atoms with Crippen LogP contribution in [0.4, 0.5) is 0 Å². The van der Waals surface area contributed by atoms with Crippen LogP contribution in [0.3, 0.4) is 0 Å². The van der Waals surface area contributed by atoms with E-state index >= 15 is 0 Å². The summed E-state index contributed by atoms with van der Waals surface area (Å²) in [5.41, 5.74) is 0.472. The van der Waals surface area contributed by atoms with Crippen LogP contribution in [0.5, 0.6) is 5.75 Å². The van der Waals surface area contributed by atoms with Crippen molar-refractivity contribution in [2.24, 2.45) is 0 Å². The zero-order valence-electron chi connectivity index (χ0n) is 12.7. The standard InChI is InChI=1S/C15H13ClN4O4/c1-9-6-12(19-23-9)15-18-14(24-20-15)7-17-13(21)8-22-11-4-2-10(16)3-5-11/h2-6H,7-8H2,1H3,(H,17,21). The summed E-state index contributed by atoms with van der Waals surface area (Å²) in [7, 11) is 0. The lowest BCUT2D eigenvalue weighted by atomic mass is 10.3. The number of carbonyl (C=O) groups is 1. The van der Waals surface area contributed by atoms with Crippen LogP contribution in [0.1, 0.15) is 11.7 Å². The highest BCUT2D eigenvalue weighted by Crippen LogP contribution is 2.16. The van der Waals surface area contributed by atoms with E-state index in [-0.39, 0.29) is 24.9 Å². The number of aryl methyl sites for hydroxylation is 1. The molecule has 0 saturated carbocycles. The summed E-state index contributed by atoms with van der Waals surface area (Å²) in [6.07, 6.45) is 0. The molecule has 0 saturated heterocycles. The second-order valence-corrected chi connectivity index (χ2v) is 5.29. The lowest BCUT2D eigenvalue weighted by Gasteiger charge is -2.05. The van der Waals surface area contributed by atoms with E-state index < -0.39 is 0 Å². The summed E-state index contributed by atoms with van der Waals surface area (Å²) in [5.74, 6) is 1.43. The predicted molar refractivity (Wildman–Crippen MR) is 83.3 cm³/mol. The number of amides is 1. The van der Waals surface area contributed by atoms with Crippen molar-refractivity contribution in [2.45, 2.75) is 13.5 Å². The number of benzene rings is 1. The number of carbonyl (C=O) groups excluding carboxylic acids is 1. The van der Waals surface area contributed by atoms with Gasteiger partial charge in [-0.15, -0.1) is 0 Å². The number of hydrogen-bond donors (Lipinski definition) is 1. The number of ether oxygens (including phenoxy) is 1. The van der Waals surface area contributed by atoms with E-state index in [1.54, 1.807) is 37.3 Å². The molecule has 0 fully saturated rings. The molecule has 2 heterocycles. The molecule has 1 N–H and O–H groups in total. The molecule has 9 heteroatoms. The van der Waals surface area contributed by atoms with Crippen LogP contribution in [-0.4, -0.2) is 27.8 Å². The molecule has 0 radical (unpaired) electrons. The Hall–Kier alpha value is -2.87. The summed E-state index contributed by atoms with van der Waals surface area (Å²) in [4.78, 5) is 15.9. The predicted octanol–water partition coefficient (Wildman–Crippen LogP) is 2.38. The van der Waals surface area contributed by atoms with E-state index in [9.17, 15) is 4.79 Å². The van der Waals surface area contributed by atoms with Gasteiger partial charge in [-0.25, -0.2) is 0 Å². The molecule has 0 spiro atoms. The number of hydrogen-bond acceptors (Lipinski definition) is 7. The lowest BCUT2D eigenvalue weighted by molar-refractivity contribution is -0.123. The normalized spacial score (nSPS) is 10.6. The Morgan fingerprint density at radius 2 is 2.04 bits per heavy atom. The van der Waals surface area contributed by atoms with Crippen LogP contribution in [0.2, 0.25) is 5.02 Å². The largest absolute Gasteiger partial charge is 0.484 e. The van der Waals surface area contributed by atoms with Crippen molar-refractivity contribution in [3.05, 3.63) is 47.0 Å². The molecular formula is C15H13ClN4O4. The van der Waals surface area contributed by atoms with Gasteiger partial charge in [0.05, 0.1) is 6.54 Å². The molecule has 0 aliphatic heterocycles. The Balaban J connectivity index is 1.48. The molecule has 3 aromatic rings. The Morgan fingerprint density at radius 3 is 2.75 bits per heavy atom. The Bertz CT molecular complexity index is 828. The maximum absolute atomic E-state index is 11.8. The number of aromatic nitrogens is 3. The molecule has 3 rings (SSSR count). The summed E-state index contributed by atoms with van der Waals surface area (Å²) in [6.45, 7) is 1.72. The quantitative estimate of drug-likeness (QED) is 0.729. The maximum atomic E-state index is 11.8. The Labute approximate surface area is 141 Å². The fourth-order valence-electron chi connectivity index (χ4n) is 1.81. The van der Waals surface area contributed by atoms with Gasteiger partial charge in [0.25, 0.3) is 5.91 Å². The first-order valence-corrected chi connectivity index (χ1v) is 7.39. The van der Waals surface area contributed by atoms with Gasteiger partial charge < -0.3 is 19.1 Å². The van der Waals surface area contributed by atoms with Crippen molar-refractivity contribution in [2.75, 3.05) is 6.61 Å². The summed E-state index contributed by atoms with van der Waals surface area (Å²) in [5, 5.41) is 10.8. The minimum Gasteiger partial charge on any atom is -0.484 e. The van der Waals surface area contributed by atoms with E-state index in [1.165, 1.54) is 0 Å². The highest BCUT2D eigenvalue weighted by molar-refractivity contribution is 6.30. The van der Waals surface area contributed by atoms with Crippen molar-refractivity contribution in [1.82, 2.24) is 20.6 Å². The molecule has 0 bridgehead atoms. The molecule has 0 unspecified atom stereocenters. The topological polar surface area (TPSA) is 103 Å². The van der Waals surface area contributed by atoms with Gasteiger partial charge in [0, 0.05) is 11.1 Å². The Morgan fingerprint density at radius 1 is 1.25 bits per heavy atom. The summed E-state index contributed by atoms with van der Waals surface area (Å²) in [6, 6.07) is 8.41. The second kappa shape index (κ2) is 7.14. The van der Waals surface area contributed by atoms with E-state index in [2.05, 4.69) is 20.6 Å². The molecule has 8 nitrogen and oxygen atoms in total. The first kappa shape index (κ1) is 16.0. The summed E-state index contributed by atoms with van der Waals surface area (Å²) < 4.78 is 15.3. The van der Waals surface area contributed by atoms with E-state index in [4.69, 9.17) is 25.4 Å². The highest BCUT2D eigenvalue weighted by Gasteiger charge is 2.13. The zero-order chi connectivity index (χ0) is 16.9. The third-order valence-electron chi connectivity index (χ3n) is 2.95. The monoisotopic (exact) mass is 348 g/mol. The van der Waals surface area contributed by atoms with Crippen LogP contribution in [0, 0.1) is 6.92 Å². The van der Waals surface area contributed by atoms with Crippen LogP contribution >= 0.6 is 11.6 Å². The minimum absolute atomic E-state index is 0.0899. The molecule has 1 amide bonds. The van der Waals surface area contributed by atoms with Crippen LogP contribution in [0.15, 0.2) is 39.4 Å². The third-order valence-corrected chi connectivity index (χ3v) is 3.20. The fourth-order valence-corrected chi connectivity index (χ4v) is 1.93. The fraction of sp³-hybridized carbons (Fsp3) is 0.200. The first-order valence-electron chi connectivity index (χ1n) is 7.01. The molecule has 24 heavy (non-hydrogen) atoms. The van der Waals surface area contributed by atoms with Crippen molar-refractivity contribution in [3.63, 3.8) is 0 Å². The smallest absolute Gasteiger partial charge is 0.258 e. The number of rotatable bonds is 6. The average Bonchev–Trinajstić information content (AvgIpc) is 3.21. The van der Waals surface area contributed by atoms with E-state index in [1.807, 2.05) is 0 Å². The third kappa shape index (κ3) is 4.11. The van der Waals surface area contributed by atoms with Crippen molar-refractivity contribution in [1.29, 1.82) is 0 Å². The lowest BCUT2D eigenvalue weighted by Crippen LogP contribution is -2.28. The van der Waals surface area contributed by atoms with Gasteiger partial charge in [-0.2, -0.15) is 4.98 Å². The van der Waals surface area contributed by atoms with E-state index in [0.717, 1.165) is 0 Å². The van der Waals surface area contributed by atoms with Crippen LogP contribution < -0.4 is 10.1 Å². The van der Waals surface area contributed by atoms with Gasteiger partial charge in [0.1, 0.15) is 11.5 Å². The molecule has 0 aliphatic carbocycles. The highest BCUT2D eigenvalue weighted by atomic mass is 35.5. The van der Waals surface area contributed by atoms with Crippen molar-refractivity contribution >= 4 is 17.5 Å². The molecule has 0 aliphatic rings. The zero-order valence-corrected chi connectivity index (χ0v) is 13.4.